The average molecular weight is 340 g/mol. The van der Waals surface area contributed by atoms with Crippen molar-refractivity contribution in [3.05, 3.63) is 65.2 Å². The lowest BCUT2D eigenvalue weighted by Crippen LogP contribution is -2.37. The van der Waals surface area contributed by atoms with Crippen molar-refractivity contribution in [3.8, 4) is 0 Å². The summed E-state index contributed by atoms with van der Waals surface area (Å²) in [4.78, 5) is 24.1. The van der Waals surface area contributed by atoms with Gasteiger partial charge < -0.3 is 15.7 Å². The second kappa shape index (κ2) is 8.44. The molecule has 5 nitrogen and oxygen atoms in total. The van der Waals surface area contributed by atoms with Gasteiger partial charge in [-0.05, 0) is 35.6 Å². The van der Waals surface area contributed by atoms with Crippen LogP contribution in [-0.4, -0.2) is 23.5 Å². The molecule has 0 aliphatic carbocycles. The minimum Gasteiger partial charge on any atom is -0.387 e. The number of anilines is 1. The van der Waals surface area contributed by atoms with Gasteiger partial charge in [0.1, 0.15) is 0 Å². The smallest absolute Gasteiger partial charge is 0.313 e. The first kappa shape index (κ1) is 18.7. The standard InChI is InChI=1S/C20H24N2O3/c1-13(2)15-9-6-7-11-17(15)22-20(25)19(24)21-12-18(23)16-10-5-4-8-14(16)3/h4-11,13,18,23H,12H2,1-3H3,(H,21,24)(H,22,25). The zero-order valence-corrected chi connectivity index (χ0v) is 14.7. The van der Waals surface area contributed by atoms with Gasteiger partial charge in [-0.25, -0.2) is 0 Å². The Hall–Kier alpha value is -2.66. The van der Waals surface area contributed by atoms with Crippen molar-refractivity contribution in [1.82, 2.24) is 5.32 Å². The summed E-state index contributed by atoms with van der Waals surface area (Å²) in [6, 6.07) is 14.8. The minimum absolute atomic E-state index is 0.0249. The number of aliphatic hydroxyl groups excluding tert-OH is 1. The van der Waals surface area contributed by atoms with E-state index in [0.717, 1.165) is 16.7 Å². The summed E-state index contributed by atoms with van der Waals surface area (Å²) in [5.41, 5.74) is 3.24. The van der Waals surface area contributed by atoms with E-state index in [1.807, 2.05) is 51.1 Å². The maximum atomic E-state index is 12.1. The van der Waals surface area contributed by atoms with E-state index in [1.165, 1.54) is 0 Å². The molecule has 2 rings (SSSR count). The van der Waals surface area contributed by atoms with Gasteiger partial charge in [0, 0.05) is 12.2 Å². The second-order valence-electron chi connectivity index (χ2n) is 6.28. The molecule has 2 aromatic carbocycles. The highest BCUT2D eigenvalue weighted by Crippen LogP contribution is 2.23. The molecule has 25 heavy (non-hydrogen) atoms. The van der Waals surface area contributed by atoms with Gasteiger partial charge in [-0.3, -0.25) is 9.59 Å². The van der Waals surface area contributed by atoms with Crippen molar-refractivity contribution >= 4 is 17.5 Å². The van der Waals surface area contributed by atoms with E-state index in [2.05, 4.69) is 10.6 Å². The minimum atomic E-state index is -0.860. The van der Waals surface area contributed by atoms with Gasteiger partial charge in [0.2, 0.25) is 0 Å². The monoisotopic (exact) mass is 340 g/mol. The largest absolute Gasteiger partial charge is 0.387 e. The maximum absolute atomic E-state index is 12.1. The lowest BCUT2D eigenvalue weighted by Gasteiger charge is -2.15. The lowest BCUT2D eigenvalue weighted by molar-refractivity contribution is -0.136. The molecule has 0 saturated heterocycles. The SMILES string of the molecule is Cc1ccccc1C(O)CNC(=O)C(=O)Nc1ccccc1C(C)C. The Kier molecular flexibility index (Phi) is 6.31. The molecular weight excluding hydrogens is 316 g/mol. The summed E-state index contributed by atoms with van der Waals surface area (Å²) in [5.74, 6) is -1.29. The number of aliphatic hydroxyl groups is 1. The summed E-state index contributed by atoms with van der Waals surface area (Å²) >= 11 is 0. The summed E-state index contributed by atoms with van der Waals surface area (Å²) in [7, 11) is 0. The fourth-order valence-corrected chi connectivity index (χ4v) is 2.63. The van der Waals surface area contributed by atoms with Gasteiger partial charge in [-0.1, -0.05) is 56.3 Å². The molecular formula is C20H24N2O3. The highest BCUT2D eigenvalue weighted by atomic mass is 16.3. The van der Waals surface area contributed by atoms with Crippen LogP contribution in [-0.2, 0) is 9.59 Å². The molecule has 0 bridgehead atoms. The highest BCUT2D eigenvalue weighted by molar-refractivity contribution is 6.39. The lowest BCUT2D eigenvalue weighted by atomic mass is 10.0. The maximum Gasteiger partial charge on any atom is 0.313 e. The van der Waals surface area contributed by atoms with Crippen LogP contribution in [0.4, 0.5) is 5.69 Å². The van der Waals surface area contributed by atoms with Crippen molar-refractivity contribution in [2.75, 3.05) is 11.9 Å². The number of carbonyl (C=O) groups excluding carboxylic acids is 2. The first-order valence-corrected chi connectivity index (χ1v) is 8.32. The zero-order chi connectivity index (χ0) is 18.4. The van der Waals surface area contributed by atoms with Crippen LogP contribution in [0.1, 0.15) is 42.6 Å². The van der Waals surface area contributed by atoms with Crippen LogP contribution in [0.15, 0.2) is 48.5 Å². The van der Waals surface area contributed by atoms with Crippen LogP contribution in [0.25, 0.3) is 0 Å². The van der Waals surface area contributed by atoms with Crippen LogP contribution in [0.5, 0.6) is 0 Å². The molecule has 3 N–H and O–H groups in total. The van der Waals surface area contributed by atoms with Crippen LogP contribution < -0.4 is 10.6 Å². The number of hydrogen-bond donors (Lipinski definition) is 3. The molecule has 1 unspecified atom stereocenters. The van der Waals surface area contributed by atoms with E-state index >= 15 is 0 Å². The molecule has 0 aromatic heterocycles. The van der Waals surface area contributed by atoms with Crippen molar-refractivity contribution < 1.29 is 14.7 Å². The molecule has 2 amide bonds. The molecule has 5 heteroatoms. The Morgan fingerprint density at radius 3 is 2.20 bits per heavy atom. The first-order valence-electron chi connectivity index (χ1n) is 8.32. The molecule has 132 valence electrons. The summed E-state index contributed by atoms with van der Waals surface area (Å²) in [5, 5.41) is 15.3. The molecule has 0 fully saturated rings. The predicted octanol–water partition coefficient (Wildman–Crippen LogP) is 2.91. The van der Waals surface area contributed by atoms with Gasteiger partial charge in [0.05, 0.1) is 6.10 Å². The number of rotatable bonds is 5. The third-order valence-electron chi connectivity index (χ3n) is 4.04. The number of benzene rings is 2. The normalized spacial score (nSPS) is 11.9. The molecule has 0 radical (unpaired) electrons. The molecule has 0 saturated carbocycles. The third kappa shape index (κ3) is 4.90. The fourth-order valence-electron chi connectivity index (χ4n) is 2.63. The second-order valence-corrected chi connectivity index (χ2v) is 6.28. The van der Waals surface area contributed by atoms with Crippen LogP contribution in [0.2, 0.25) is 0 Å². The van der Waals surface area contributed by atoms with Crippen LogP contribution in [0, 0.1) is 6.92 Å². The Morgan fingerprint density at radius 2 is 1.56 bits per heavy atom. The number of amides is 2. The van der Waals surface area contributed by atoms with Gasteiger partial charge in [0.15, 0.2) is 0 Å². The number of aryl methyl sites for hydroxylation is 1. The first-order chi connectivity index (χ1) is 11.9. The topological polar surface area (TPSA) is 78.4 Å². The van der Waals surface area contributed by atoms with E-state index in [9.17, 15) is 14.7 Å². The van der Waals surface area contributed by atoms with Crippen LogP contribution >= 0.6 is 0 Å². The molecule has 0 aliphatic rings. The number of para-hydroxylation sites is 1. The third-order valence-corrected chi connectivity index (χ3v) is 4.04. The quantitative estimate of drug-likeness (QED) is 0.732. The Morgan fingerprint density at radius 1 is 0.960 bits per heavy atom. The van der Waals surface area contributed by atoms with Crippen molar-refractivity contribution in [2.45, 2.75) is 32.8 Å². The molecule has 0 heterocycles. The highest BCUT2D eigenvalue weighted by Gasteiger charge is 2.18. The van der Waals surface area contributed by atoms with E-state index in [0.29, 0.717) is 5.69 Å². The Bertz CT molecular complexity index is 756. The average Bonchev–Trinajstić information content (AvgIpc) is 2.60. The van der Waals surface area contributed by atoms with E-state index < -0.39 is 17.9 Å². The molecule has 0 spiro atoms. The number of hydrogen-bond acceptors (Lipinski definition) is 3. The van der Waals surface area contributed by atoms with Gasteiger partial charge >= 0.3 is 11.8 Å². The Labute approximate surface area is 148 Å². The predicted molar refractivity (Wildman–Crippen MR) is 98.3 cm³/mol. The van der Waals surface area contributed by atoms with Crippen molar-refractivity contribution in [2.24, 2.45) is 0 Å². The van der Waals surface area contributed by atoms with Crippen LogP contribution in [0.3, 0.4) is 0 Å². The summed E-state index contributed by atoms with van der Waals surface area (Å²) in [6.07, 6.45) is -0.860. The van der Waals surface area contributed by atoms with Crippen molar-refractivity contribution in [1.29, 1.82) is 0 Å². The van der Waals surface area contributed by atoms with E-state index in [-0.39, 0.29) is 12.5 Å². The fraction of sp³-hybridized carbons (Fsp3) is 0.300. The Balaban J connectivity index is 1.95. The van der Waals surface area contributed by atoms with Gasteiger partial charge in [0.25, 0.3) is 0 Å². The van der Waals surface area contributed by atoms with Crippen molar-refractivity contribution in [3.63, 3.8) is 0 Å². The zero-order valence-electron chi connectivity index (χ0n) is 14.7. The van der Waals surface area contributed by atoms with Gasteiger partial charge in [-0.15, -0.1) is 0 Å². The molecule has 2 aromatic rings. The van der Waals surface area contributed by atoms with Gasteiger partial charge in [-0.2, -0.15) is 0 Å². The van der Waals surface area contributed by atoms with E-state index in [4.69, 9.17) is 0 Å². The number of nitrogens with one attached hydrogen (secondary N) is 2. The number of carbonyl (C=O) groups is 2. The summed E-state index contributed by atoms with van der Waals surface area (Å²) < 4.78 is 0. The molecule has 1 atom stereocenters. The molecule has 0 aliphatic heterocycles. The van der Waals surface area contributed by atoms with E-state index in [1.54, 1.807) is 18.2 Å². The summed E-state index contributed by atoms with van der Waals surface area (Å²) in [6.45, 7) is 5.89.